The fraction of sp³-hybridized carbons (Fsp3) is 0.143. The first kappa shape index (κ1) is 66.8. The van der Waals surface area contributed by atoms with Gasteiger partial charge in [0.2, 0.25) is 0 Å². The summed E-state index contributed by atoms with van der Waals surface area (Å²) in [6.07, 6.45) is 2.10. The van der Waals surface area contributed by atoms with Crippen LogP contribution in [0.1, 0.15) is 74.9 Å². The number of nitrogens with one attached hydrogen (secondary N) is 2. The minimum atomic E-state index is 0. The summed E-state index contributed by atoms with van der Waals surface area (Å²) < 4.78 is 0. The van der Waals surface area contributed by atoms with Crippen LogP contribution in [0.2, 0.25) is 0 Å². The molecule has 4 radical (unpaired) electrons. The molecule has 0 aromatic heterocycles. The van der Waals surface area contributed by atoms with Crippen LogP contribution in [0.15, 0.2) is 255 Å². The van der Waals surface area contributed by atoms with Gasteiger partial charge in [-0.25, -0.2) is 0 Å². The van der Waals surface area contributed by atoms with E-state index in [4.69, 9.17) is 11.5 Å². The minimum absolute atomic E-state index is 0. The normalized spacial score (nSPS) is 10.6. The molecule has 0 unspecified atom stereocenters. The van der Waals surface area contributed by atoms with E-state index in [1.807, 2.05) is 60.7 Å². The maximum absolute atomic E-state index is 7.63. The van der Waals surface area contributed by atoms with Crippen molar-refractivity contribution in [1.29, 1.82) is 0 Å². The number of benzene rings is 10. The van der Waals surface area contributed by atoms with Gasteiger partial charge in [0.05, 0.1) is 0 Å². The van der Waals surface area contributed by atoms with Crippen LogP contribution < -0.4 is 45.6 Å². The van der Waals surface area contributed by atoms with Crippen molar-refractivity contribution in [3.8, 4) is 22.3 Å². The molecular weight excluding hydrogens is 1350 g/mol. The van der Waals surface area contributed by atoms with Crippen LogP contribution in [0.3, 0.4) is 0 Å². The van der Waals surface area contributed by atoms with Crippen LogP contribution in [-0.4, -0.2) is 19.0 Å². The van der Waals surface area contributed by atoms with Crippen molar-refractivity contribution in [2.24, 2.45) is 0 Å². The summed E-state index contributed by atoms with van der Waals surface area (Å²) in [4.78, 5) is 0. The molecule has 0 atom stereocenters. The van der Waals surface area contributed by atoms with Gasteiger partial charge in [-0.05, 0) is 23.7 Å². The van der Waals surface area contributed by atoms with E-state index >= 15 is 0 Å². The van der Waals surface area contributed by atoms with E-state index in [0.29, 0.717) is 11.4 Å². The Bertz CT molecular complexity index is 2890. The third kappa shape index (κ3) is 20.7. The SMILES string of the molecule is CC(C)(C)c1ccccc1[NH-].CC(C)(C)c1ccccc1[NH-].[Cl-].[Cl-].[Hf].[Hf].[c-]1cccc2c1Cc1ccccc1-2.[c-]1cccc2c1Cc1ccccc1-2.c1ccc([Si]c2ccccc2)cc1.c1ccc([Si]c2ccccc2)cc1. The Morgan fingerprint density at radius 2 is 0.577 bits per heavy atom. The van der Waals surface area contributed by atoms with Crippen LogP contribution in [0.5, 0.6) is 0 Å². The molecule has 392 valence electrons. The molecule has 12 rings (SSSR count). The van der Waals surface area contributed by atoms with E-state index in [1.54, 1.807) is 0 Å². The fourth-order valence-corrected chi connectivity index (χ4v) is 10.8. The van der Waals surface area contributed by atoms with Crippen molar-refractivity contribution < 1.29 is 76.5 Å². The van der Waals surface area contributed by atoms with E-state index in [9.17, 15) is 0 Å². The quantitative estimate of drug-likeness (QED) is 0.125. The Morgan fingerprint density at radius 3 is 0.859 bits per heavy atom. The van der Waals surface area contributed by atoms with Crippen molar-refractivity contribution in [3.05, 3.63) is 312 Å². The first-order valence-corrected chi connectivity index (χ1v) is 27.4. The molecule has 0 heterocycles. The number of hydrogen-bond acceptors (Lipinski definition) is 0. The first-order chi connectivity index (χ1) is 35.8. The molecular formula is C70H66Cl2Hf2N2Si2-6. The Morgan fingerprint density at radius 1 is 0.321 bits per heavy atom. The van der Waals surface area contributed by atoms with Gasteiger partial charge in [-0.3, -0.25) is 0 Å². The third-order valence-electron chi connectivity index (χ3n) is 12.4. The standard InChI is InChI=1S/2C13H9.2C12H10Si.2C10H14N.2ClH.2Hf/c2*1-3-7-12-10(5-1)9-11-6-2-4-8-13(11)12;2*1-3-7-11(8-4-1)13-12-9-5-2-6-10-12;2*1-10(2,3)8-6-4-5-7-9(8)11;;;;/h2*1-5,7-8H,9H2;2*1-10H;2*4-7,11H,1-3H3;2*1H;;/q2*-1;;;2*-1;;;;/p-2. The number of rotatable bonds is 4. The minimum Gasteiger partial charge on any atom is -1.00 e. The Hall–Kier alpha value is -5.45. The van der Waals surface area contributed by atoms with Crippen molar-refractivity contribution in [2.45, 2.75) is 65.2 Å². The zero-order chi connectivity index (χ0) is 52.2. The summed E-state index contributed by atoms with van der Waals surface area (Å²) in [6, 6.07) is 94.0. The van der Waals surface area contributed by atoms with Gasteiger partial charge in [-0.15, -0.1) is 22.5 Å². The van der Waals surface area contributed by atoms with E-state index in [1.165, 1.54) is 65.3 Å². The van der Waals surface area contributed by atoms with Gasteiger partial charge in [-0.2, -0.15) is 59.7 Å². The average molecular weight is 1420 g/mol. The summed E-state index contributed by atoms with van der Waals surface area (Å²) in [5, 5.41) is 5.59. The molecule has 0 saturated carbocycles. The van der Waals surface area contributed by atoms with Crippen LogP contribution >= 0.6 is 0 Å². The summed E-state index contributed by atoms with van der Waals surface area (Å²) in [7, 11) is 1.55. The van der Waals surface area contributed by atoms with Crippen LogP contribution in [0.25, 0.3) is 33.7 Å². The topological polar surface area (TPSA) is 47.6 Å². The van der Waals surface area contributed by atoms with Crippen LogP contribution in [0, 0.1) is 12.1 Å². The second kappa shape index (κ2) is 33.9. The maximum Gasteiger partial charge on any atom is 0.121 e. The second-order valence-corrected chi connectivity index (χ2v) is 22.9. The van der Waals surface area contributed by atoms with Gasteiger partial charge >= 0.3 is 0 Å². The molecule has 2 nitrogen and oxygen atoms in total. The number of fused-ring (bicyclic) bond motifs is 6. The van der Waals surface area contributed by atoms with Crippen molar-refractivity contribution in [1.82, 2.24) is 0 Å². The Labute approximate surface area is 522 Å². The monoisotopic (exact) mass is 1420 g/mol. The molecule has 2 N–H and O–H groups in total. The summed E-state index contributed by atoms with van der Waals surface area (Å²) >= 11 is 0. The largest absolute Gasteiger partial charge is 1.00 e. The zero-order valence-corrected chi connectivity index (χ0v) is 56.1. The molecule has 2 aliphatic carbocycles. The number of halogens is 2. The summed E-state index contributed by atoms with van der Waals surface area (Å²) in [6.45, 7) is 12.8. The second-order valence-electron chi connectivity index (χ2n) is 20.1. The average Bonchev–Trinajstić information content (AvgIpc) is 4.00. The van der Waals surface area contributed by atoms with Gasteiger partial charge in [0.15, 0.2) is 0 Å². The van der Waals surface area contributed by atoms with Gasteiger partial charge in [0.25, 0.3) is 0 Å². The molecule has 0 aliphatic heterocycles. The summed E-state index contributed by atoms with van der Waals surface area (Å²) in [5.41, 5.74) is 30.0. The van der Waals surface area contributed by atoms with E-state index in [2.05, 4.69) is 248 Å². The molecule has 10 aromatic rings. The van der Waals surface area contributed by atoms with Gasteiger partial charge < -0.3 is 36.3 Å². The molecule has 0 bridgehead atoms. The third-order valence-corrected chi connectivity index (χ3v) is 14.9. The molecule has 2 aliphatic rings. The molecule has 0 amide bonds. The van der Waals surface area contributed by atoms with Gasteiger partial charge in [0, 0.05) is 51.7 Å². The van der Waals surface area contributed by atoms with Crippen molar-refractivity contribution in [2.75, 3.05) is 0 Å². The Kier molecular flexibility index (Phi) is 29.0. The molecule has 78 heavy (non-hydrogen) atoms. The predicted molar refractivity (Wildman–Crippen MR) is 321 cm³/mol. The van der Waals surface area contributed by atoms with Crippen molar-refractivity contribution in [3.63, 3.8) is 0 Å². The molecule has 10 aromatic carbocycles. The molecule has 0 saturated heterocycles. The fourth-order valence-electron chi connectivity index (χ4n) is 8.69. The molecule has 0 spiro atoms. The van der Waals surface area contributed by atoms with Crippen LogP contribution in [-0.2, 0) is 75.4 Å². The van der Waals surface area contributed by atoms with Gasteiger partial charge in [-0.1, -0.05) is 314 Å². The van der Waals surface area contributed by atoms with Crippen LogP contribution in [0.4, 0.5) is 11.4 Å². The first-order valence-electron chi connectivity index (χ1n) is 25.4. The van der Waals surface area contributed by atoms with E-state index in [0.717, 1.165) is 43.0 Å². The Balaban J connectivity index is 0.000000244. The predicted octanol–water partition coefficient (Wildman–Crippen LogP) is 10.1. The van der Waals surface area contributed by atoms with E-state index in [-0.39, 0.29) is 87.3 Å². The van der Waals surface area contributed by atoms with E-state index < -0.39 is 0 Å². The molecule has 8 heteroatoms. The van der Waals surface area contributed by atoms with Gasteiger partial charge in [0.1, 0.15) is 19.0 Å². The summed E-state index contributed by atoms with van der Waals surface area (Å²) in [5.74, 6) is 0. The maximum atomic E-state index is 7.63. The number of hydrogen-bond donors (Lipinski definition) is 0. The molecule has 0 fully saturated rings. The van der Waals surface area contributed by atoms with Crippen molar-refractivity contribution >= 4 is 51.2 Å². The zero-order valence-electron chi connectivity index (χ0n) is 45.4. The smallest absolute Gasteiger partial charge is 0.121 e.